The summed E-state index contributed by atoms with van der Waals surface area (Å²) in [6.45, 7) is 2.52. The molecule has 6 heteroatoms. The summed E-state index contributed by atoms with van der Waals surface area (Å²) in [5.41, 5.74) is 1.77. The van der Waals surface area contributed by atoms with Gasteiger partial charge in [-0.25, -0.2) is 0 Å². The van der Waals surface area contributed by atoms with E-state index in [0.717, 1.165) is 21.1 Å². The van der Waals surface area contributed by atoms with Gasteiger partial charge in [-0.3, -0.25) is 19.3 Å². The van der Waals surface area contributed by atoms with Gasteiger partial charge in [0.05, 0.1) is 11.1 Å². The van der Waals surface area contributed by atoms with E-state index in [9.17, 15) is 14.4 Å². The molecule has 0 bridgehead atoms. The number of nitrogens with zero attached hydrogens (tertiary/aromatic N) is 1. The van der Waals surface area contributed by atoms with Crippen LogP contribution in [0.15, 0.2) is 53.4 Å². The van der Waals surface area contributed by atoms with Crippen LogP contribution in [0, 0.1) is 6.92 Å². The monoisotopic (exact) mass is 368 g/mol. The molecule has 3 amide bonds. The molecule has 0 fully saturated rings. The molecule has 0 unspecified atom stereocenters. The van der Waals surface area contributed by atoms with Gasteiger partial charge >= 0.3 is 0 Å². The minimum atomic E-state index is -0.322. The largest absolute Gasteiger partial charge is 0.355 e. The van der Waals surface area contributed by atoms with Gasteiger partial charge < -0.3 is 5.32 Å². The fraction of sp³-hybridized carbons (Fsp3) is 0.250. The maximum Gasteiger partial charge on any atom is 0.261 e. The van der Waals surface area contributed by atoms with E-state index in [0.29, 0.717) is 17.7 Å². The highest BCUT2D eigenvalue weighted by Crippen LogP contribution is 2.24. The minimum Gasteiger partial charge on any atom is -0.355 e. The first-order valence-electron chi connectivity index (χ1n) is 8.47. The van der Waals surface area contributed by atoms with Crippen LogP contribution < -0.4 is 5.32 Å². The Kier molecular flexibility index (Phi) is 5.73. The second kappa shape index (κ2) is 8.19. The molecule has 1 heterocycles. The first kappa shape index (κ1) is 18.2. The molecule has 1 aliphatic rings. The number of carbonyl (C=O) groups excluding carboxylic acids is 3. The van der Waals surface area contributed by atoms with Crippen LogP contribution >= 0.6 is 11.8 Å². The van der Waals surface area contributed by atoms with Crippen molar-refractivity contribution in [1.29, 1.82) is 0 Å². The van der Waals surface area contributed by atoms with Gasteiger partial charge in [-0.1, -0.05) is 29.8 Å². The number of thioether (sulfide) groups is 1. The van der Waals surface area contributed by atoms with Crippen molar-refractivity contribution < 1.29 is 14.4 Å². The Hall–Kier alpha value is -2.60. The summed E-state index contributed by atoms with van der Waals surface area (Å²) in [6, 6.07) is 15.2. The summed E-state index contributed by atoms with van der Waals surface area (Å²) >= 11 is 1.67. The average Bonchev–Trinajstić information content (AvgIpc) is 2.88. The zero-order valence-electron chi connectivity index (χ0n) is 14.5. The lowest BCUT2D eigenvalue weighted by molar-refractivity contribution is -0.121. The van der Waals surface area contributed by atoms with Gasteiger partial charge in [-0.15, -0.1) is 11.8 Å². The zero-order chi connectivity index (χ0) is 18.5. The van der Waals surface area contributed by atoms with Gasteiger partial charge in [0.1, 0.15) is 0 Å². The van der Waals surface area contributed by atoms with E-state index >= 15 is 0 Å². The summed E-state index contributed by atoms with van der Waals surface area (Å²) in [7, 11) is 0. The van der Waals surface area contributed by atoms with Gasteiger partial charge in [-0.2, -0.15) is 0 Å². The normalized spacial score (nSPS) is 13.0. The van der Waals surface area contributed by atoms with E-state index in [4.69, 9.17) is 0 Å². The third-order valence-electron chi connectivity index (χ3n) is 4.12. The molecule has 0 saturated heterocycles. The fourth-order valence-electron chi connectivity index (χ4n) is 2.79. The van der Waals surface area contributed by atoms with Crippen molar-refractivity contribution in [3.05, 3.63) is 65.2 Å². The lowest BCUT2D eigenvalue weighted by Crippen LogP contribution is -2.35. The molecule has 0 aliphatic carbocycles. The predicted molar refractivity (Wildman–Crippen MR) is 101 cm³/mol. The van der Waals surface area contributed by atoms with Crippen LogP contribution in [-0.2, 0) is 4.79 Å². The topological polar surface area (TPSA) is 66.5 Å². The molecule has 0 spiro atoms. The first-order chi connectivity index (χ1) is 12.6. The highest BCUT2D eigenvalue weighted by molar-refractivity contribution is 7.99. The van der Waals surface area contributed by atoms with Crippen LogP contribution in [0.5, 0.6) is 0 Å². The Labute approximate surface area is 156 Å². The first-order valence-corrected chi connectivity index (χ1v) is 9.46. The lowest BCUT2D eigenvalue weighted by atomic mass is 10.1. The van der Waals surface area contributed by atoms with E-state index in [1.807, 2.05) is 43.3 Å². The smallest absolute Gasteiger partial charge is 0.261 e. The number of hydrogen-bond donors (Lipinski definition) is 1. The third kappa shape index (κ3) is 4.14. The quantitative estimate of drug-likeness (QED) is 0.464. The van der Waals surface area contributed by atoms with E-state index in [-0.39, 0.29) is 30.7 Å². The maximum absolute atomic E-state index is 12.4. The molecule has 2 aromatic rings. The molecule has 3 rings (SSSR count). The number of rotatable bonds is 7. The summed E-state index contributed by atoms with van der Waals surface area (Å²) < 4.78 is 0. The molecule has 0 saturated carbocycles. The highest BCUT2D eigenvalue weighted by Gasteiger charge is 2.35. The van der Waals surface area contributed by atoms with Crippen molar-refractivity contribution in [2.45, 2.75) is 18.2 Å². The second-order valence-electron chi connectivity index (χ2n) is 6.07. The van der Waals surface area contributed by atoms with Gasteiger partial charge in [-0.05, 0) is 31.2 Å². The van der Waals surface area contributed by atoms with Gasteiger partial charge in [0, 0.05) is 30.2 Å². The van der Waals surface area contributed by atoms with Crippen molar-refractivity contribution in [2.24, 2.45) is 0 Å². The molecule has 134 valence electrons. The Bertz CT molecular complexity index is 836. The van der Waals surface area contributed by atoms with Crippen molar-refractivity contribution >= 4 is 29.5 Å². The van der Waals surface area contributed by atoms with Crippen LogP contribution in [0.2, 0.25) is 0 Å². The number of imide groups is 1. The average molecular weight is 368 g/mol. The van der Waals surface area contributed by atoms with Crippen LogP contribution in [-0.4, -0.2) is 41.5 Å². The van der Waals surface area contributed by atoms with Crippen molar-refractivity contribution in [1.82, 2.24) is 10.2 Å². The van der Waals surface area contributed by atoms with Crippen molar-refractivity contribution in [3.8, 4) is 0 Å². The maximum atomic E-state index is 12.4. The number of aryl methyl sites for hydroxylation is 1. The zero-order valence-corrected chi connectivity index (χ0v) is 15.3. The van der Waals surface area contributed by atoms with Gasteiger partial charge in [0.2, 0.25) is 5.91 Å². The SMILES string of the molecule is Cc1ccc2c(c1)C(=O)N(CCC(=O)NCCSc1ccccc1)C2=O. The molecule has 2 aromatic carbocycles. The Morgan fingerprint density at radius 1 is 1.04 bits per heavy atom. The van der Waals surface area contributed by atoms with Crippen molar-refractivity contribution in [2.75, 3.05) is 18.8 Å². The van der Waals surface area contributed by atoms with E-state index in [1.165, 1.54) is 0 Å². The molecule has 1 N–H and O–H groups in total. The molecule has 5 nitrogen and oxygen atoms in total. The highest BCUT2D eigenvalue weighted by atomic mass is 32.2. The summed E-state index contributed by atoms with van der Waals surface area (Å²) in [5.74, 6) is -0.0350. The number of carbonyl (C=O) groups is 3. The van der Waals surface area contributed by atoms with E-state index in [1.54, 1.807) is 23.9 Å². The third-order valence-corrected chi connectivity index (χ3v) is 5.14. The van der Waals surface area contributed by atoms with Crippen LogP contribution in [0.25, 0.3) is 0 Å². The lowest BCUT2D eigenvalue weighted by Gasteiger charge is -2.13. The molecule has 26 heavy (non-hydrogen) atoms. The molecule has 0 aromatic heterocycles. The molecule has 0 atom stereocenters. The number of hydrogen-bond acceptors (Lipinski definition) is 4. The predicted octanol–water partition coefficient (Wildman–Crippen LogP) is 2.89. The standard InChI is InChI=1S/C20H20N2O3S/c1-14-7-8-16-17(13-14)20(25)22(19(16)24)11-9-18(23)21-10-12-26-15-5-3-2-4-6-15/h2-8,13H,9-12H2,1H3,(H,21,23). The van der Waals surface area contributed by atoms with E-state index in [2.05, 4.69) is 5.32 Å². The fourth-order valence-corrected chi connectivity index (χ4v) is 3.57. The molecular formula is C20H20N2O3S. The molecule has 0 radical (unpaired) electrons. The Morgan fingerprint density at radius 3 is 2.54 bits per heavy atom. The minimum absolute atomic E-state index is 0.100. The van der Waals surface area contributed by atoms with E-state index < -0.39 is 0 Å². The van der Waals surface area contributed by atoms with Crippen LogP contribution in [0.3, 0.4) is 0 Å². The van der Waals surface area contributed by atoms with Gasteiger partial charge in [0.25, 0.3) is 11.8 Å². The van der Waals surface area contributed by atoms with Crippen LogP contribution in [0.4, 0.5) is 0 Å². The molecular weight excluding hydrogens is 348 g/mol. The summed E-state index contributed by atoms with van der Waals surface area (Å²) in [6.07, 6.45) is 0.112. The summed E-state index contributed by atoms with van der Waals surface area (Å²) in [4.78, 5) is 39.0. The Balaban J connectivity index is 1.43. The number of fused-ring (bicyclic) bond motifs is 1. The van der Waals surface area contributed by atoms with Crippen molar-refractivity contribution in [3.63, 3.8) is 0 Å². The second-order valence-corrected chi connectivity index (χ2v) is 7.24. The molecule has 1 aliphatic heterocycles. The Morgan fingerprint density at radius 2 is 1.77 bits per heavy atom. The number of amides is 3. The van der Waals surface area contributed by atoms with Crippen LogP contribution in [0.1, 0.15) is 32.7 Å². The van der Waals surface area contributed by atoms with Gasteiger partial charge in [0.15, 0.2) is 0 Å². The number of benzene rings is 2. The number of nitrogens with one attached hydrogen (secondary N) is 1. The summed E-state index contributed by atoms with van der Waals surface area (Å²) in [5, 5.41) is 2.83.